The van der Waals surface area contributed by atoms with Crippen molar-refractivity contribution in [3.8, 4) is 5.75 Å². The van der Waals surface area contributed by atoms with Gasteiger partial charge in [0.15, 0.2) is 0 Å². The first-order valence-electron chi connectivity index (χ1n) is 5.27. The zero-order valence-corrected chi connectivity index (χ0v) is 8.02. The summed E-state index contributed by atoms with van der Waals surface area (Å²) in [4.78, 5) is 0. The first-order chi connectivity index (χ1) is 6.83. The molecule has 0 radical (unpaired) electrons. The fourth-order valence-electron chi connectivity index (χ4n) is 2.45. The van der Waals surface area contributed by atoms with Crippen LogP contribution in [0.15, 0.2) is 24.3 Å². The molecule has 1 aliphatic carbocycles. The van der Waals surface area contributed by atoms with Gasteiger partial charge in [-0.25, -0.2) is 0 Å². The minimum Gasteiger partial charge on any atom is -0.508 e. The van der Waals surface area contributed by atoms with E-state index in [2.05, 4.69) is 0 Å². The Morgan fingerprint density at radius 1 is 1.07 bits per heavy atom. The van der Waals surface area contributed by atoms with E-state index >= 15 is 0 Å². The molecule has 0 spiro atoms. The van der Waals surface area contributed by atoms with Gasteiger partial charge in [0, 0.05) is 0 Å². The van der Waals surface area contributed by atoms with Crippen LogP contribution in [-0.4, -0.2) is 17.3 Å². The van der Waals surface area contributed by atoms with Crippen LogP contribution < -0.4 is 0 Å². The van der Waals surface area contributed by atoms with Crippen LogP contribution in [0.2, 0.25) is 0 Å². The van der Waals surface area contributed by atoms with Crippen LogP contribution in [0.4, 0.5) is 0 Å². The maximum Gasteiger partial charge on any atom is 0.115 e. The summed E-state index contributed by atoms with van der Waals surface area (Å²) in [5.74, 6) is 0.990. The molecule has 2 aliphatic rings. The summed E-state index contributed by atoms with van der Waals surface area (Å²) in [6, 6.07) is 7.61. The monoisotopic (exact) mass is 190 g/mol. The molecule has 2 fully saturated rings. The number of phenols is 1. The zero-order chi connectivity index (χ0) is 9.54. The van der Waals surface area contributed by atoms with E-state index < -0.39 is 0 Å². The van der Waals surface area contributed by atoms with E-state index in [1.54, 1.807) is 12.1 Å². The van der Waals surface area contributed by atoms with E-state index in [9.17, 15) is 5.11 Å². The van der Waals surface area contributed by atoms with Crippen LogP contribution >= 0.6 is 0 Å². The van der Waals surface area contributed by atoms with Crippen LogP contribution in [0.3, 0.4) is 0 Å². The highest BCUT2D eigenvalue weighted by Crippen LogP contribution is 2.43. The lowest BCUT2D eigenvalue weighted by Gasteiger charge is -2.19. The summed E-state index contributed by atoms with van der Waals surface area (Å²) in [5.41, 5.74) is 1.34. The van der Waals surface area contributed by atoms with Gasteiger partial charge in [0.25, 0.3) is 0 Å². The molecule has 2 nitrogen and oxygen atoms in total. The lowest BCUT2D eigenvalue weighted by molar-refractivity contribution is 0.371. The quantitative estimate of drug-likeness (QED) is 0.690. The Kier molecular flexibility index (Phi) is 1.77. The van der Waals surface area contributed by atoms with E-state index in [-0.39, 0.29) is 0 Å². The highest BCUT2D eigenvalue weighted by molar-refractivity contribution is 5.29. The first kappa shape index (κ1) is 8.30. The Labute approximate surface area is 83.5 Å². The molecule has 74 valence electrons. The number of rotatable bonds is 1. The highest BCUT2D eigenvalue weighted by Gasteiger charge is 2.43. The molecule has 1 aromatic carbocycles. The van der Waals surface area contributed by atoms with Gasteiger partial charge in [-0.3, -0.25) is 0 Å². The van der Waals surface area contributed by atoms with Gasteiger partial charge < -0.3 is 9.84 Å². The van der Waals surface area contributed by atoms with Gasteiger partial charge in [-0.2, -0.15) is 0 Å². The van der Waals surface area contributed by atoms with Crippen LogP contribution in [0.5, 0.6) is 5.75 Å². The molecule has 0 bridgehead atoms. The van der Waals surface area contributed by atoms with Crippen molar-refractivity contribution in [1.82, 2.24) is 0 Å². The topological polar surface area (TPSA) is 32.8 Å². The van der Waals surface area contributed by atoms with Crippen LogP contribution in [-0.2, 0) is 4.74 Å². The van der Waals surface area contributed by atoms with E-state index in [1.165, 1.54) is 18.4 Å². The van der Waals surface area contributed by atoms with Crippen molar-refractivity contribution in [3.05, 3.63) is 29.8 Å². The summed E-state index contributed by atoms with van der Waals surface area (Å²) < 4.78 is 5.50. The van der Waals surface area contributed by atoms with Gasteiger partial charge in [-0.05, 0) is 42.9 Å². The van der Waals surface area contributed by atoms with Gasteiger partial charge in [-0.1, -0.05) is 12.1 Å². The third-order valence-electron chi connectivity index (χ3n) is 3.37. The molecule has 1 aromatic rings. The van der Waals surface area contributed by atoms with Gasteiger partial charge in [0.2, 0.25) is 0 Å². The first-order valence-corrected chi connectivity index (χ1v) is 5.27. The fourth-order valence-corrected chi connectivity index (χ4v) is 2.45. The Morgan fingerprint density at radius 2 is 1.86 bits per heavy atom. The number of benzene rings is 1. The van der Waals surface area contributed by atoms with E-state index in [0.29, 0.717) is 23.9 Å². The largest absolute Gasteiger partial charge is 0.508 e. The molecule has 0 amide bonds. The summed E-state index contributed by atoms with van der Waals surface area (Å²) in [5, 5.41) is 9.19. The van der Waals surface area contributed by atoms with E-state index in [0.717, 1.165) is 6.42 Å². The Hall–Kier alpha value is -1.02. The predicted octanol–water partition coefficient (Wildman–Crippen LogP) is 2.43. The number of epoxide rings is 1. The Bertz CT molecular complexity index is 331. The third-order valence-corrected chi connectivity index (χ3v) is 3.37. The number of fused-ring (bicyclic) bond motifs is 1. The number of hydrogen-bond donors (Lipinski definition) is 1. The van der Waals surface area contributed by atoms with Crippen molar-refractivity contribution >= 4 is 0 Å². The van der Waals surface area contributed by atoms with E-state index in [1.807, 2.05) is 12.1 Å². The average Bonchev–Trinajstić information content (AvgIpc) is 2.96. The molecule has 1 N–H and O–H groups in total. The fraction of sp³-hybridized carbons (Fsp3) is 0.500. The van der Waals surface area contributed by atoms with Crippen molar-refractivity contribution in [2.45, 2.75) is 37.4 Å². The Balaban J connectivity index is 1.77. The standard InChI is InChI=1S/C12H14O2/c13-10-4-1-8(2-5-10)9-3-6-11-12(7-9)14-11/h1-2,4-5,9,11-13H,3,6-7H2. The van der Waals surface area contributed by atoms with Crippen molar-refractivity contribution in [2.24, 2.45) is 0 Å². The smallest absolute Gasteiger partial charge is 0.115 e. The van der Waals surface area contributed by atoms with Gasteiger partial charge >= 0.3 is 0 Å². The molecule has 3 rings (SSSR count). The normalized spacial score (nSPS) is 35.0. The van der Waals surface area contributed by atoms with Crippen molar-refractivity contribution in [1.29, 1.82) is 0 Å². The number of aromatic hydroxyl groups is 1. The van der Waals surface area contributed by atoms with Gasteiger partial charge in [-0.15, -0.1) is 0 Å². The molecule has 1 saturated carbocycles. The highest BCUT2D eigenvalue weighted by atomic mass is 16.6. The maximum atomic E-state index is 9.19. The summed E-state index contributed by atoms with van der Waals surface area (Å²) in [6.07, 6.45) is 4.70. The van der Waals surface area contributed by atoms with Crippen LogP contribution in [0, 0.1) is 0 Å². The van der Waals surface area contributed by atoms with Crippen LogP contribution in [0.1, 0.15) is 30.7 Å². The number of ether oxygens (including phenoxy) is 1. The molecule has 14 heavy (non-hydrogen) atoms. The molecule has 3 atom stereocenters. The average molecular weight is 190 g/mol. The molecule has 1 saturated heterocycles. The second-order valence-electron chi connectivity index (χ2n) is 4.31. The van der Waals surface area contributed by atoms with Crippen molar-refractivity contribution < 1.29 is 9.84 Å². The molecule has 3 unspecified atom stereocenters. The van der Waals surface area contributed by atoms with Crippen LogP contribution in [0.25, 0.3) is 0 Å². The van der Waals surface area contributed by atoms with E-state index in [4.69, 9.17) is 4.74 Å². The molecule has 2 heteroatoms. The minimum atomic E-state index is 0.352. The predicted molar refractivity (Wildman–Crippen MR) is 53.4 cm³/mol. The molecular weight excluding hydrogens is 176 g/mol. The molecule has 1 heterocycles. The maximum absolute atomic E-state index is 9.19. The minimum absolute atomic E-state index is 0.352. The second kappa shape index (κ2) is 2.99. The molecule has 1 aliphatic heterocycles. The number of hydrogen-bond acceptors (Lipinski definition) is 2. The molecular formula is C12H14O2. The van der Waals surface area contributed by atoms with Crippen molar-refractivity contribution in [3.63, 3.8) is 0 Å². The third kappa shape index (κ3) is 1.40. The van der Waals surface area contributed by atoms with Gasteiger partial charge in [0.1, 0.15) is 5.75 Å². The Morgan fingerprint density at radius 3 is 2.57 bits per heavy atom. The lowest BCUT2D eigenvalue weighted by atomic mass is 9.84. The SMILES string of the molecule is Oc1ccc(C2CCC3OC3C2)cc1. The zero-order valence-electron chi connectivity index (χ0n) is 8.02. The lowest BCUT2D eigenvalue weighted by Crippen LogP contribution is -2.11. The van der Waals surface area contributed by atoms with Crippen molar-refractivity contribution in [2.75, 3.05) is 0 Å². The number of phenolic OH excluding ortho intramolecular Hbond substituents is 1. The second-order valence-corrected chi connectivity index (χ2v) is 4.31. The molecule has 0 aromatic heterocycles. The summed E-state index contributed by atoms with van der Waals surface area (Å²) >= 11 is 0. The van der Waals surface area contributed by atoms with Gasteiger partial charge in [0.05, 0.1) is 12.2 Å². The summed E-state index contributed by atoms with van der Waals surface area (Å²) in [7, 11) is 0. The summed E-state index contributed by atoms with van der Waals surface area (Å²) in [6.45, 7) is 0.